The van der Waals surface area contributed by atoms with E-state index in [1.165, 1.54) is 6.42 Å². The lowest BCUT2D eigenvalue weighted by atomic mass is 9.75. The van der Waals surface area contributed by atoms with Gasteiger partial charge in [-0.2, -0.15) is 0 Å². The van der Waals surface area contributed by atoms with Gasteiger partial charge in [-0.15, -0.1) is 0 Å². The molecule has 19 heavy (non-hydrogen) atoms. The van der Waals surface area contributed by atoms with Crippen LogP contribution in [0, 0.1) is 0 Å². The van der Waals surface area contributed by atoms with Crippen molar-refractivity contribution < 1.29 is 4.79 Å². The molecule has 0 bridgehead atoms. The number of hydrogen-bond acceptors (Lipinski definition) is 5. The van der Waals surface area contributed by atoms with E-state index in [2.05, 4.69) is 34.7 Å². The number of nitrogen functional groups attached to an aromatic ring is 1. The minimum absolute atomic E-state index is 0.119. The van der Waals surface area contributed by atoms with Gasteiger partial charge in [0.2, 0.25) is 0 Å². The van der Waals surface area contributed by atoms with E-state index in [4.69, 9.17) is 5.84 Å². The first-order valence-corrected chi connectivity index (χ1v) is 6.46. The van der Waals surface area contributed by atoms with E-state index in [0.29, 0.717) is 17.9 Å². The van der Waals surface area contributed by atoms with Gasteiger partial charge in [-0.3, -0.25) is 10.6 Å². The van der Waals surface area contributed by atoms with Crippen molar-refractivity contribution in [2.24, 2.45) is 5.84 Å². The minimum Gasteiger partial charge on any atom is -0.349 e. The number of likely N-dealkylation sites (N-methyl/N-ethyl adjacent to an activating group) is 1. The Morgan fingerprint density at radius 1 is 1.47 bits per heavy atom. The van der Waals surface area contributed by atoms with E-state index < -0.39 is 0 Å². The molecule has 0 unspecified atom stereocenters. The number of rotatable bonds is 5. The zero-order valence-electron chi connectivity index (χ0n) is 11.4. The van der Waals surface area contributed by atoms with Crippen LogP contribution >= 0.6 is 0 Å². The van der Waals surface area contributed by atoms with E-state index in [9.17, 15) is 4.79 Å². The Kier molecular flexibility index (Phi) is 4.01. The molecule has 2 rings (SSSR count). The molecular formula is C13H21N5O. The molecule has 1 aromatic heterocycles. The Balaban J connectivity index is 1.93. The third kappa shape index (κ3) is 2.85. The predicted octanol–water partition coefficient (Wildman–Crippen LogP) is 0.581. The van der Waals surface area contributed by atoms with Crippen LogP contribution < -0.4 is 16.6 Å². The molecule has 1 aliphatic rings. The Morgan fingerprint density at radius 3 is 2.63 bits per heavy atom. The van der Waals surface area contributed by atoms with E-state index in [0.717, 1.165) is 12.8 Å². The molecule has 6 heteroatoms. The first kappa shape index (κ1) is 13.8. The standard InChI is InChI=1S/C13H21N5O/c1-18(2)13(6-3-7-13)9-16-12(19)11-5-4-10(17-14)8-15-11/h4-5,8,17H,3,6-7,9,14H2,1-2H3,(H,16,19). The lowest BCUT2D eigenvalue weighted by molar-refractivity contribution is 0.0556. The summed E-state index contributed by atoms with van der Waals surface area (Å²) in [6.07, 6.45) is 5.02. The van der Waals surface area contributed by atoms with Crippen LogP contribution in [-0.4, -0.2) is 42.0 Å². The Labute approximate surface area is 113 Å². The van der Waals surface area contributed by atoms with Crippen molar-refractivity contribution in [3.63, 3.8) is 0 Å². The molecule has 1 amide bonds. The zero-order valence-corrected chi connectivity index (χ0v) is 11.4. The highest BCUT2D eigenvalue weighted by atomic mass is 16.1. The first-order valence-electron chi connectivity index (χ1n) is 6.46. The van der Waals surface area contributed by atoms with Crippen LogP contribution in [0.3, 0.4) is 0 Å². The molecule has 1 aromatic rings. The maximum absolute atomic E-state index is 12.0. The maximum Gasteiger partial charge on any atom is 0.269 e. The highest BCUT2D eigenvalue weighted by molar-refractivity contribution is 5.92. The number of nitrogens with two attached hydrogens (primary N) is 1. The van der Waals surface area contributed by atoms with Gasteiger partial charge in [-0.05, 0) is 45.5 Å². The highest BCUT2D eigenvalue weighted by Gasteiger charge is 2.39. The highest BCUT2D eigenvalue weighted by Crippen LogP contribution is 2.35. The third-order valence-electron chi connectivity index (χ3n) is 3.97. The molecule has 0 aromatic carbocycles. The Bertz CT molecular complexity index is 439. The van der Waals surface area contributed by atoms with Gasteiger partial charge < -0.3 is 15.6 Å². The monoisotopic (exact) mass is 263 g/mol. The summed E-state index contributed by atoms with van der Waals surface area (Å²) in [4.78, 5) is 18.3. The fourth-order valence-electron chi connectivity index (χ4n) is 2.32. The molecular weight excluding hydrogens is 242 g/mol. The normalized spacial score (nSPS) is 16.8. The molecule has 0 saturated heterocycles. The summed E-state index contributed by atoms with van der Waals surface area (Å²) < 4.78 is 0. The summed E-state index contributed by atoms with van der Waals surface area (Å²) in [6.45, 7) is 0.664. The summed E-state index contributed by atoms with van der Waals surface area (Å²) in [5.74, 6) is 5.11. The quantitative estimate of drug-likeness (QED) is 0.535. The molecule has 0 atom stereocenters. The van der Waals surface area contributed by atoms with Gasteiger partial charge in [0.1, 0.15) is 5.69 Å². The van der Waals surface area contributed by atoms with Crippen LogP contribution in [0.4, 0.5) is 5.69 Å². The number of anilines is 1. The van der Waals surface area contributed by atoms with Crippen LogP contribution in [0.15, 0.2) is 18.3 Å². The first-order chi connectivity index (χ1) is 9.07. The second-order valence-corrected chi connectivity index (χ2v) is 5.23. The SMILES string of the molecule is CN(C)C1(CNC(=O)c2ccc(NN)cn2)CCC1. The topological polar surface area (TPSA) is 83.3 Å². The molecule has 1 saturated carbocycles. The van der Waals surface area contributed by atoms with Gasteiger partial charge in [0.15, 0.2) is 0 Å². The van der Waals surface area contributed by atoms with Crippen LogP contribution in [-0.2, 0) is 0 Å². The molecule has 1 heterocycles. The summed E-state index contributed by atoms with van der Waals surface area (Å²) in [5, 5.41) is 2.97. The zero-order chi connectivity index (χ0) is 13.9. The smallest absolute Gasteiger partial charge is 0.269 e. The van der Waals surface area contributed by atoms with Gasteiger partial charge in [0.25, 0.3) is 5.91 Å². The average molecular weight is 263 g/mol. The van der Waals surface area contributed by atoms with Gasteiger partial charge in [-0.1, -0.05) is 0 Å². The summed E-state index contributed by atoms with van der Waals surface area (Å²) in [6, 6.07) is 3.39. The minimum atomic E-state index is -0.142. The average Bonchev–Trinajstić information content (AvgIpc) is 2.37. The molecule has 104 valence electrons. The number of carbonyl (C=O) groups excluding carboxylic acids is 1. The van der Waals surface area contributed by atoms with E-state index in [-0.39, 0.29) is 11.4 Å². The summed E-state index contributed by atoms with van der Waals surface area (Å²) in [5.41, 5.74) is 3.69. The van der Waals surface area contributed by atoms with E-state index in [1.807, 2.05) is 0 Å². The van der Waals surface area contributed by atoms with Crippen molar-refractivity contribution >= 4 is 11.6 Å². The van der Waals surface area contributed by atoms with E-state index >= 15 is 0 Å². The molecule has 1 aliphatic carbocycles. The Hall–Kier alpha value is -1.66. The lowest BCUT2D eigenvalue weighted by Crippen LogP contribution is -2.57. The number of aromatic nitrogens is 1. The molecule has 0 aliphatic heterocycles. The molecule has 0 spiro atoms. The number of nitrogens with zero attached hydrogens (tertiary/aromatic N) is 2. The van der Waals surface area contributed by atoms with Crippen molar-refractivity contribution in [3.05, 3.63) is 24.0 Å². The van der Waals surface area contributed by atoms with Crippen molar-refractivity contribution in [2.75, 3.05) is 26.1 Å². The second-order valence-electron chi connectivity index (χ2n) is 5.23. The van der Waals surface area contributed by atoms with Crippen LogP contribution in [0.1, 0.15) is 29.8 Å². The number of amides is 1. The number of hydrazine groups is 1. The van der Waals surface area contributed by atoms with Crippen molar-refractivity contribution in [1.29, 1.82) is 0 Å². The van der Waals surface area contributed by atoms with Gasteiger partial charge in [0, 0.05) is 12.1 Å². The van der Waals surface area contributed by atoms with Crippen LogP contribution in [0.5, 0.6) is 0 Å². The van der Waals surface area contributed by atoms with Crippen molar-refractivity contribution in [2.45, 2.75) is 24.8 Å². The number of carbonyl (C=O) groups is 1. The van der Waals surface area contributed by atoms with Gasteiger partial charge in [-0.25, -0.2) is 4.98 Å². The molecule has 1 fully saturated rings. The third-order valence-corrected chi connectivity index (χ3v) is 3.97. The van der Waals surface area contributed by atoms with E-state index in [1.54, 1.807) is 18.3 Å². The summed E-state index contributed by atoms with van der Waals surface area (Å²) >= 11 is 0. The van der Waals surface area contributed by atoms with Gasteiger partial charge >= 0.3 is 0 Å². The number of hydrogen-bond donors (Lipinski definition) is 3. The van der Waals surface area contributed by atoms with Crippen molar-refractivity contribution in [3.8, 4) is 0 Å². The van der Waals surface area contributed by atoms with Crippen LogP contribution in [0.25, 0.3) is 0 Å². The fourth-order valence-corrected chi connectivity index (χ4v) is 2.32. The number of pyridine rings is 1. The van der Waals surface area contributed by atoms with Crippen molar-refractivity contribution in [1.82, 2.24) is 15.2 Å². The molecule has 6 nitrogen and oxygen atoms in total. The maximum atomic E-state index is 12.0. The van der Waals surface area contributed by atoms with Crippen LogP contribution in [0.2, 0.25) is 0 Å². The molecule has 0 radical (unpaired) electrons. The van der Waals surface area contributed by atoms with Gasteiger partial charge in [0.05, 0.1) is 11.9 Å². The fraction of sp³-hybridized carbons (Fsp3) is 0.538. The largest absolute Gasteiger partial charge is 0.349 e. The Morgan fingerprint density at radius 2 is 2.21 bits per heavy atom. The number of nitrogens with one attached hydrogen (secondary N) is 2. The molecule has 4 N–H and O–H groups in total. The summed E-state index contributed by atoms with van der Waals surface area (Å²) in [7, 11) is 4.12. The predicted molar refractivity (Wildman–Crippen MR) is 74.6 cm³/mol. The second kappa shape index (κ2) is 5.54. The lowest BCUT2D eigenvalue weighted by Gasteiger charge is -2.47.